The molecule has 0 spiro atoms. The van der Waals surface area contributed by atoms with Gasteiger partial charge in [-0.2, -0.15) is 5.26 Å². The summed E-state index contributed by atoms with van der Waals surface area (Å²) in [5.41, 5.74) is 1.52. The smallest absolute Gasteiger partial charge is 0.311 e. The van der Waals surface area contributed by atoms with E-state index in [0.29, 0.717) is 39.8 Å². The van der Waals surface area contributed by atoms with E-state index in [1.807, 2.05) is 13.0 Å². The maximum Gasteiger partial charge on any atom is 0.311 e. The minimum Gasteiger partial charge on any atom is -0.424 e. The molecule has 1 N–H and O–H groups in total. The molecule has 0 fully saturated rings. The number of benzene rings is 3. The van der Waals surface area contributed by atoms with Crippen LogP contribution in [0.15, 0.2) is 54.6 Å². The van der Waals surface area contributed by atoms with Crippen molar-refractivity contribution in [3.05, 3.63) is 71.5 Å². The number of rotatable bonds is 8. The summed E-state index contributed by atoms with van der Waals surface area (Å²) >= 11 is 0. The molecule has 0 aliphatic carbocycles. The number of anilines is 1. The highest BCUT2D eigenvalue weighted by Gasteiger charge is 2.17. The Morgan fingerprint density at radius 2 is 1.97 bits per heavy atom. The van der Waals surface area contributed by atoms with E-state index in [4.69, 9.17) is 4.74 Å². The molecule has 3 rings (SSSR count). The van der Waals surface area contributed by atoms with Crippen molar-refractivity contribution in [3.63, 3.8) is 0 Å². The van der Waals surface area contributed by atoms with Gasteiger partial charge >= 0.3 is 5.97 Å². The largest absolute Gasteiger partial charge is 0.424 e. The third-order valence-corrected chi connectivity index (χ3v) is 4.77. The normalized spacial score (nSPS) is 11.5. The van der Waals surface area contributed by atoms with Crippen LogP contribution in [0.2, 0.25) is 0 Å². The molecular weight excluding hydrogens is 383 g/mol. The molecule has 3 aromatic carbocycles. The molecule has 1 atom stereocenters. The van der Waals surface area contributed by atoms with E-state index in [0.717, 1.165) is 6.29 Å². The van der Waals surface area contributed by atoms with Crippen molar-refractivity contribution in [1.29, 1.82) is 5.26 Å². The van der Waals surface area contributed by atoms with Crippen LogP contribution in [0.5, 0.6) is 5.75 Å². The molecule has 3 aromatic rings. The highest BCUT2D eigenvalue weighted by molar-refractivity contribution is 5.89. The maximum absolute atomic E-state index is 14.1. The molecule has 0 heterocycles. The number of fused-ring (bicyclic) bond motifs is 1. The van der Waals surface area contributed by atoms with Crippen LogP contribution < -0.4 is 10.1 Å². The second-order valence-electron chi connectivity index (χ2n) is 6.85. The van der Waals surface area contributed by atoms with E-state index in [2.05, 4.69) is 5.32 Å². The number of carbonyl (C=O) groups is 2. The van der Waals surface area contributed by atoms with E-state index in [1.54, 1.807) is 48.5 Å². The summed E-state index contributed by atoms with van der Waals surface area (Å²) in [7, 11) is 0. The molecule has 0 bridgehead atoms. The Labute approximate surface area is 174 Å². The standard InChI is InChI=1S/C24H21FN2O3/c1-2-5-24(29)30-23-11-8-16(13-26)12-22(23)27-14-17(15-28)18-9-10-21(25)20-7-4-3-6-19(18)20/h3-4,6-12,15,17,27H,2,5,14H2,1H3. The summed E-state index contributed by atoms with van der Waals surface area (Å²) in [5.74, 6) is -0.998. The van der Waals surface area contributed by atoms with Gasteiger partial charge in [0.2, 0.25) is 0 Å². The van der Waals surface area contributed by atoms with Crippen LogP contribution in [0.3, 0.4) is 0 Å². The van der Waals surface area contributed by atoms with Crippen LogP contribution in [0, 0.1) is 17.1 Å². The second kappa shape index (κ2) is 9.66. The van der Waals surface area contributed by atoms with Gasteiger partial charge in [-0.05, 0) is 41.6 Å². The number of esters is 1. The molecule has 0 aromatic heterocycles. The molecule has 6 heteroatoms. The zero-order valence-corrected chi connectivity index (χ0v) is 16.5. The fourth-order valence-corrected chi connectivity index (χ4v) is 3.26. The first-order valence-electron chi connectivity index (χ1n) is 9.68. The molecule has 0 aliphatic heterocycles. The number of nitriles is 1. The molecule has 30 heavy (non-hydrogen) atoms. The van der Waals surface area contributed by atoms with Gasteiger partial charge in [-0.3, -0.25) is 4.79 Å². The van der Waals surface area contributed by atoms with Crippen molar-refractivity contribution in [1.82, 2.24) is 0 Å². The van der Waals surface area contributed by atoms with Crippen molar-refractivity contribution in [2.24, 2.45) is 0 Å². The quantitative estimate of drug-likeness (QED) is 0.326. The molecule has 0 saturated heterocycles. The fourth-order valence-electron chi connectivity index (χ4n) is 3.26. The van der Waals surface area contributed by atoms with Gasteiger partial charge in [0, 0.05) is 18.4 Å². The van der Waals surface area contributed by atoms with E-state index in [1.165, 1.54) is 6.07 Å². The number of carbonyl (C=O) groups excluding carboxylic acids is 2. The lowest BCUT2D eigenvalue weighted by molar-refractivity contribution is -0.134. The van der Waals surface area contributed by atoms with Gasteiger partial charge in [-0.25, -0.2) is 4.39 Å². The van der Waals surface area contributed by atoms with Crippen LogP contribution in [0.1, 0.15) is 36.8 Å². The lowest BCUT2D eigenvalue weighted by atomic mass is 9.94. The minimum atomic E-state index is -0.569. The Balaban J connectivity index is 1.88. The Morgan fingerprint density at radius 1 is 1.20 bits per heavy atom. The van der Waals surface area contributed by atoms with Gasteiger partial charge in [-0.15, -0.1) is 0 Å². The zero-order chi connectivity index (χ0) is 21.5. The molecule has 0 aliphatic rings. The maximum atomic E-state index is 14.1. The van der Waals surface area contributed by atoms with E-state index in [-0.39, 0.29) is 24.8 Å². The van der Waals surface area contributed by atoms with Crippen LogP contribution in [0.4, 0.5) is 10.1 Å². The van der Waals surface area contributed by atoms with Crippen molar-refractivity contribution in [2.75, 3.05) is 11.9 Å². The number of hydrogen-bond donors (Lipinski definition) is 1. The summed E-state index contributed by atoms with van der Waals surface area (Å²) < 4.78 is 19.5. The summed E-state index contributed by atoms with van der Waals surface area (Å²) in [6.07, 6.45) is 1.73. The van der Waals surface area contributed by atoms with Gasteiger partial charge in [-0.1, -0.05) is 37.3 Å². The van der Waals surface area contributed by atoms with Gasteiger partial charge in [0.05, 0.1) is 23.2 Å². The number of ether oxygens (including phenoxy) is 1. The summed E-state index contributed by atoms with van der Waals surface area (Å²) in [5, 5.41) is 13.4. The number of aldehydes is 1. The summed E-state index contributed by atoms with van der Waals surface area (Å²) in [6.45, 7) is 2.06. The Kier molecular flexibility index (Phi) is 6.76. The van der Waals surface area contributed by atoms with Crippen LogP contribution in [-0.4, -0.2) is 18.8 Å². The third kappa shape index (κ3) is 4.64. The van der Waals surface area contributed by atoms with Crippen LogP contribution >= 0.6 is 0 Å². The van der Waals surface area contributed by atoms with Crippen molar-refractivity contribution < 1.29 is 18.7 Å². The first-order valence-corrected chi connectivity index (χ1v) is 9.68. The van der Waals surface area contributed by atoms with Crippen molar-refractivity contribution >= 4 is 28.7 Å². The SMILES string of the molecule is CCCC(=O)Oc1ccc(C#N)cc1NCC(C=O)c1ccc(F)c2ccccc12. The monoisotopic (exact) mass is 404 g/mol. The van der Waals surface area contributed by atoms with Gasteiger partial charge < -0.3 is 14.8 Å². The highest BCUT2D eigenvalue weighted by Crippen LogP contribution is 2.30. The van der Waals surface area contributed by atoms with E-state index < -0.39 is 5.92 Å². The van der Waals surface area contributed by atoms with E-state index >= 15 is 0 Å². The van der Waals surface area contributed by atoms with Gasteiger partial charge in [0.15, 0.2) is 5.75 Å². The fraction of sp³-hybridized carbons (Fsp3) is 0.208. The van der Waals surface area contributed by atoms with Crippen LogP contribution in [0.25, 0.3) is 10.8 Å². The molecule has 0 amide bonds. The third-order valence-electron chi connectivity index (χ3n) is 4.77. The molecule has 0 saturated carbocycles. The van der Waals surface area contributed by atoms with Crippen LogP contribution in [-0.2, 0) is 9.59 Å². The lowest BCUT2D eigenvalue weighted by Crippen LogP contribution is -2.16. The van der Waals surface area contributed by atoms with Crippen molar-refractivity contribution in [3.8, 4) is 11.8 Å². The van der Waals surface area contributed by atoms with Gasteiger partial charge in [0.1, 0.15) is 12.1 Å². The number of hydrogen-bond acceptors (Lipinski definition) is 5. The average molecular weight is 404 g/mol. The Hall–Kier alpha value is -3.72. The van der Waals surface area contributed by atoms with E-state index in [9.17, 15) is 19.2 Å². The first-order chi connectivity index (χ1) is 14.6. The predicted molar refractivity (Wildman–Crippen MR) is 113 cm³/mol. The first kappa shape index (κ1) is 21.0. The Bertz CT molecular complexity index is 1120. The molecular formula is C24H21FN2O3. The number of nitrogens with zero attached hydrogens (tertiary/aromatic N) is 1. The summed E-state index contributed by atoms with van der Waals surface area (Å²) in [6, 6.07) is 16.7. The molecule has 0 radical (unpaired) electrons. The molecule has 1 unspecified atom stereocenters. The second-order valence-corrected chi connectivity index (χ2v) is 6.85. The highest BCUT2D eigenvalue weighted by atomic mass is 19.1. The minimum absolute atomic E-state index is 0.187. The topological polar surface area (TPSA) is 79.2 Å². The average Bonchev–Trinajstić information content (AvgIpc) is 2.76. The summed E-state index contributed by atoms with van der Waals surface area (Å²) in [4.78, 5) is 23.8. The lowest BCUT2D eigenvalue weighted by Gasteiger charge is -2.17. The number of halogens is 1. The Morgan fingerprint density at radius 3 is 2.67 bits per heavy atom. The van der Waals surface area contributed by atoms with Gasteiger partial charge in [0.25, 0.3) is 0 Å². The predicted octanol–water partition coefficient (Wildman–Crippen LogP) is 4.95. The molecule has 5 nitrogen and oxygen atoms in total. The number of nitrogens with one attached hydrogen (secondary N) is 1. The van der Waals surface area contributed by atoms with Crippen molar-refractivity contribution in [2.45, 2.75) is 25.7 Å². The zero-order valence-electron chi connectivity index (χ0n) is 16.5. The molecule has 152 valence electrons.